The van der Waals surface area contributed by atoms with Crippen LogP contribution in [0, 0.1) is 35.5 Å². The number of rotatable bonds is 6. The highest BCUT2D eigenvalue weighted by molar-refractivity contribution is 5.95. The molecule has 2 aliphatic carbocycles. The summed E-state index contributed by atoms with van der Waals surface area (Å²) in [6.07, 6.45) is 4.84. The molecule has 5 nitrogen and oxygen atoms in total. The fourth-order valence-corrected chi connectivity index (χ4v) is 8.07. The zero-order valence-corrected chi connectivity index (χ0v) is 23.5. The zero-order chi connectivity index (χ0) is 26.5. The van der Waals surface area contributed by atoms with Crippen molar-refractivity contribution in [2.24, 2.45) is 28.6 Å². The van der Waals surface area contributed by atoms with E-state index in [1.54, 1.807) is 14.2 Å². The van der Waals surface area contributed by atoms with Gasteiger partial charge in [-0.25, -0.2) is 0 Å². The number of ether oxygens (including phenoxy) is 3. The standard InChI is InChI=1S/C32H43NO4/c1-19-11-8-9-12-24(19)30(34)33-25-18-26-31(3,4)13-10-14-32(26,5)27(20(25)2)29-28(37-29)21-15-22(35-6)17-23(16-21)36-7/h8-9,11-12,15-17,20,25-29H,10,13-14,18H2,1-7H3,(H,33,34)/t20-,25-,26+,27-,28?,29?,32+/m1/s1. The second-order valence-electron chi connectivity index (χ2n) is 12.6. The third-order valence-electron chi connectivity index (χ3n) is 10.0. The fraction of sp³-hybridized carbons (Fsp3) is 0.594. The number of amides is 1. The first-order chi connectivity index (χ1) is 17.6. The summed E-state index contributed by atoms with van der Waals surface area (Å²) >= 11 is 0. The number of benzene rings is 2. The van der Waals surface area contributed by atoms with Crippen molar-refractivity contribution in [2.45, 2.75) is 78.6 Å². The van der Waals surface area contributed by atoms with Crippen molar-refractivity contribution in [1.82, 2.24) is 5.32 Å². The second kappa shape index (κ2) is 9.65. The molecule has 3 fully saturated rings. The molecule has 2 aromatic rings. The van der Waals surface area contributed by atoms with Crippen LogP contribution >= 0.6 is 0 Å². The van der Waals surface area contributed by atoms with Gasteiger partial charge < -0.3 is 19.5 Å². The normalized spacial score (nSPS) is 34.2. The van der Waals surface area contributed by atoms with E-state index in [9.17, 15) is 4.79 Å². The predicted molar refractivity (Wildman–Crippen MR) is 146 cm³/mol. The van der Waals surface area contributed by atoms with Gasteiger partial charge in [0.2, 0.25) is 0 Å². The maximum absolute atomic E-state index is 13.4. The molecule has 37 heavy (non-hydrogen) atoms. The molecule has 2 unspecified atom stereocenters. The maximum Gasteiger partial charge on any atom is 0.251 e. The van der Waals surface area contributed by atoms with Gasteiger partial charge in [0.05, 0.1) is 20.3 Å². The van der Waals surface area contributed by atoms with Crippen molar-refractivity contribution in [3.05, 3.63) is 59.2 Å². The Labute approximate surface area is 222 Å². The van der Waals surface area contributed by atoms with E-state index < -0.39 is 0 Å². The zero-order valence-electron chi connectivity index (χ0n) is 23.5. The minimum Gasteiger partial charge on any atom is -0.497 e. The lowest BCUT2D eigenvalue weighted by Gasteiger charge is -2.60. The Kier molecular flexibility index (Phi) is 6.81. The van der Waals surface area contributed by atoms with Gasteiger partial charge in [0.1, 0.15) is 17.6 Å². The Morgan fingerprint density at radius 1 is 1.03 bits per heavy atom. The van der Waals surface area contributed by atoms with Crippen LogP contribution in [0.2, 0.25) is 0 Å². The van der Waals surface area contributed by atoms with Crippen LogP contribution in [0.4, 0.5) is 0 Å². The number of aryl methyl sites for hydroxylation is 1. The average Bonchev–Trinajstić information content (AvgIpc) is 3.65. The lowest BCUT2D eigenvalue weighted by atomic mass is 9.45. The summed E-state index contributed by atoms with van der Waals surface area (Å²) in [5, 5.41) is 3.48. The number of hydrogen-bond donors (Lipinski definition) is 1. The molecular formula is C32H43NO4. The SMILES string of the molecule is COc1cc(OC)cc(C2OC2[C@H]2[C@H](C)[C@H](NC(=O)c3ccccc3C)C[C@H]3C(C)(C)CCC[C@]23C)c1. The van der Waals surface area contributed by atoms with E-state index in [0.717, 1.165) is 34.6 Å². The van der Waals surface area contributed by atoms with Gasteiger partial charge in [-0.05, 0) is 84.1 Å². The first kappa shape index (κ1) is 26.1. The molecule has 1 heterocycles. The molecule has 1 aliphatic heterocycles. The summed E-state index contributed by atoms with van der Waals surface area (Å²) in [5.41, 5.74) is 3.27. The molecule has 0 aromatic heterocycles. The number of carbonyl (C=O) groups excluding carboxylic acids is 1. The molecule has 3 aliphatic rings. The second-order valence-corrected chi connectivity index (χ2v) is 12.6. The fourth-order valence-electron chi connectivity index (χ4n) is 8.07. The Morgan fingerprint density at radius 2 is 1.70 bits per heavy atom. The molecule has 0 bridgehead atoms. The predicted octanol–water partition coefficient (Wildman–Crippen LogP) is 6.74. The molecular weight excluding hydrogens is 462 g/mol. The van der Waals surface area contributed by atoms with Gasteiger partial charge in [-0.3, -0.25) is 4.79 Å². The number of fused-ring (bicyclic) bond motifs is 1. The molecule has 200 valence electrons. The van der Waals surface area contributed by atoms with Crippen molar-refractivity contribution in [1.29, 1.82) is 0 Å². The monoisotopic (exact) mass is 505 g/mol. The van der Waals surface area contributed by atoms with Crippen molar-refractivity contribution >= 4 is 5.91 Å². The van der Waals surface area contributed by atoms with E-state index in [1.165, 1.54) is 19.3 Å². The van der Waals surface area contributed by atoms with Gasteiger partial charge in [0, 0.05) is 17.7 Å². The highest BCUT2D eigenvalue weighted by Gasteiger charge is 2.63. The minimum atomic E-state index is 0.0183. The molecule has 0 spiro atoms. The molecule has 1 saturated heterocycles. The molecule has 0 radical (unpaired) electrons. The van der Waals surface area contributed by atoms with Crippen molar-refractivity contribution in [3.63, 3.8) is 0 Å². The molecule has 2 aromatic carbocycles. The number of methoxy groups -OCH3 is 2. The topological polar surface area (TPSA) is 60.1 Å². The van der Waals surface area contributed by atoms with Gasteiger partial charge >= 0.3 is 0 Å². The van der Waals surface area contributed by atoms with Crippen molar-refractivity contribution < 1.29 is 19.0 Å². The van der Waals surface area contributed by atoms with Gasteiger partial charge in [-0.2, -0.15) is 0 Å². The van der Waals surface area contributed by atoms with Gasteiger partial charge in [-0.1, -0.05) is 52.3 Å². The van der Waals surface area contributed by atoms with Gasteiger partial charge in [0.25, 0.3) is 5.91 Å². The molecule has 1 N–H and O–H groups in total. The summed E-state index contributed by atoms with van der Waals surface area (Å²) in [4.78, 5) is 13.4. The van der Waals surface area contributed by atoms with E-state index in [1.807, 2.05) is 37.3 Å². The molecule has 5 rings (SSSR count). The number of carbonyl (C=O) groups is 1. The Bertz CT molecular complexity index is 1140. The van der Waals surface area contributed by atoms with Gasteiger partial charge in [-0.15, -0.1) is 0 Å². The van der Waals surface area contributed by atoms with Crippen LogP contribution in [0.1, 0.15) is 81.0 Å². The number of hydrogen-bond acceptors (Lipinski definition) is 4. The quantitative estimate of drug-likeness (QED) is 0.442. The van der Waals surface area contributed by atoms with Crippen LogP contribution in [0.15, 0.2) is 42.5 Å². The van der Waals surface area contributed by atoms with Crippen LogP contribution in [-0.2, 0) is 4.74 Å². The van der Waals surface area contributed by atoms with E-state index in [4.69, 9.17) is 14.2 Å². The largest absolute Gasteiger partial charge is 0.497 e. The van der Waals surface area contributed by atoms with Crippen LogP contribution in [-0.4, -0.2) is 32.3 Å². The van der Waals surface area contributed by atoms with Crippen LogP contribution in [0.5, 0.6) is 11.5 Å². The lowest BCUT2D eigenvalue weighted by Crippen LogP contribution is -2.60. The van der Waals surface area contributed by atoms with Gasteiger partial charge in [0.15, 0.2) is 0 Å². The first-order valence-electron chi connectivity index (χ1n) is 13.8. The smallest absolute Gasteiger partial charge is 0.251 e. The highest BCUT2D eigenvalue weighted by atomic mass is 16.6. The number of epoxide rings is 1. The first-order valence-corrected chi connectivity index (χ1v) is 13.8. The maximum atomic E-state index is 13.4. The summed E-state index contributed by atoms with van der Waals surface area (Å²) in [6, 6.07) is 14.0. The molecule has 7 atom stereocenters. The van der Waals surface area contributed by atoms with Crippen LogP contribution in [0.25, 0.3) is 0 Å². The number of nitrogens with one attached hydrogen (secondary N) is 1. The molecule has 2 saturated carbocycles. The van der Waals surface area contributed by atoms with Crippen LogP contribution in [0.3, 0.4) is 0 Å². The lowest BCUT2D eigenvalue weighted by molar-refractivity contribution is -0.112. The molecule has 1 amide bonds. The Morgan fingerprint density at radius 3 is 2.35 bits per heavy atom. The summed E-state index contributed by atoms with van der Waals surface area (Å²) in [6.45, 7) is 11.7. The minimum absolute atomic E-state index is 0.0183. The summed E-state index contributed by atoms with van der Waals surface area (Å²) in [7, 11) is 3.37. The average molecular weight is 506 g/mol. The van der Waals surface area contributed by atoms with Crippen LogP contribution < -0.4 is 14.8 Å². The highest BCUT2D eigenvalue weighted by Crippen LogP contribution is 2.65. The van der Waals surface area contributed by atoms with Crippen molar-refractivity contribution in [3.8, 4) is 11.5 Å². The summed E-state index contributed by atoms with van der Waals surface area (Å²) in [5.74, 6) is 2.76. The van der Waals surface area contributed by atoms with E-state index in [0.29, 0.717) is 17.8 Å². The van der Waals surface area contributed by atoms with E-state index >= 15 is 0 Å². The third kappa shape index (κ3) is 4.65. The Balaban J connectivity index is 1.47. The Hall–Kier alpha value is -2.53. The van der Waals surface area contributed by atoms with Crippen molar-refractivity contribution in [2.75, 3.05) is 14.2 Å². The van der Waals surface area contributed by atoms with E-state index in [2.05, 4.69) is 45.1 Å². The molecule has 5 heteroatoms. The van der Waals surface area contributed by atoms with E-state index in [-0.39, 0.29) is 35.0 Å². The summed E-state index contributed by atoms with van der Waals surface area (Å²) < 4.78 is 17.6. The third-order valence-corrected chi connectivity index (χ3v) is 10.0.